The van der Waals surface area contributed by atoms with Crippen molar-refractivity contribution in [2.45, 2.75) is 24.7 Å². The van der Waals surface area contributed by atoms with E-state index in [9.17, 15) is 18.0 Å². The van der Waals surface area contributed by atoms with Gasteiger partial charge < -0.3 is 14.6 Å². The number of hydrogen-bond acceptors (Lipinski definition) is 5. The number of furan rings is 1. The van der Waals surface area contributed by atoms with Gasteiger partial charge in [-0.3, -0.25) is 9.59 Å². The van der Waals surface area contributed by atoms with Crippen molar-refractivity contribution in [2.24, 2.45) is 0 Å². The number of piperazine rings is 1. The van der Waals surface area contributed by atoms with Crippen LogP contribution in [0.1, 0.15) is 29.5 Å². The Labute approximate surface area is 170 Å². The van der Waals surface area contributed by atoms with E-state index in [-0.39, 0.29) is 49.3 Å². The number of carbonyl (C=O) groups excluding carboxylic acids is 2. The first-order valence-corrected chi connectivity index (χ1v) is 11.0. The quantitative estimate of drug-likeness (QED) is 0.733. The maximum absolute atomic E-state index is 12.8. The molecule has 9 heteroatoms. The standard InChI is InChI=1S/C20H25N3O5S/c1-2-4-16-6-8-17(9-7-16)29(26,27)23-12-10-22(11-13-23)19(24)15-21-20(25)18-5-3-14-28-18/h3,5-9,14H,2,4,10-13,15H2,1H3,(H,21,25). The average molecular weight is 420 g/mol. The van der Waals surface area contributed by atoms with Crippen LogP contribution in [0.3, 0.4) is 0 Å². The summed E-state index contributed by atoms with van der Waals surface area (Å²) in [6, 6.07) is 10.1. The number of amides is 2. The third-order valence-corrected chi connectivity index (χ3v) is 6.75. The highest BCUT2D eigenvalue weighted by atomic mass is 32.2. The molecule has 1 saturated heterocycles. The average Bonchev–Trinajstić information content (AvgIpc) is 3.27. The minimum absolute atomic E-state index is 0.138. The molecular formula is C20H25N3O5S. The number of carbonyl (C=O) groups is 2. The fourth-order valence-electron chi connectivity index (χ4n) is 3.21. The predicted octanol–water partition coefficient (Wildman–Crippen LogP) is 1.49. The van der Waals surface area contributed by atoms with Crippen molar-refractivity contribution in [3.05, 3.63) is 54.0 Å². The van der Waals surface area contributed by atoms with Crippen molar-refractivity contribution in [2.75, 3.05) is 32.7 Å². The minimum Gasteiger partial charge on any atom is -0.459 e. The van der Waals surface area contributed by atoms with E-state index in [0.717, 1.165) is 18.4 Å². The number of rotatable bonds is 7. The molecule has 0 atom stereocenters. The first kappa shape index (κ1) is 21.1. The maximum Gasteiger partial charge on any atom is 0.287 e. The highest BCUT2D eigenvalue weighted by Gasteiger charge is 2.30. The lowest BCUT2D eigenvalue weighted by Crippen LogP contribution is -2.52. The molecule has 1 fully saturated rings. The molecule has 0 saturated carbocycles. The van der Waals surface area contributed by atoms with Crippen LogP contribution < -0.4 is 5.32 Å². The fourth-order valence-corrected chi connectivity index (χ4v) is 4.63. The third kappa shape index (κ3) is 5.04. The smallest absolute Gasteiger partial charge is 0.287 e. The summed E-state index contributed by atoms with van der Waals surface area (Å²) in [7, 11) is -3.58. The molecule has 1 aliphatic rings. The van der Waals surface area contributed by atoms with Gasteiger partial charge in [-0.1, -0.05) is 25.5 Å². The van der Waals surface area contributed by atoms with Crippen molar-refractivity contribution in [1.82, 2.24) is 14.5 Å². The molecule has 0 unspecified atom stereocenters. The van der Waals surface area contributed by atoms with Gasteiger partial charge in [0, 0.05) is 26.2 Å². The predicted molar refractivity (Wildman–Crippen MR) is 107 cm³/mol. The number of hydrogen-bond donors (Lipinski definition) is 1. The van der Waals surface area contributed by atoms with E-state index in [1.807, 2.05) is 12.1 Å². The molecule has 1 aromatic heterocycles. The highest BCUT2D eigenvalue weighted by molar-refractivity contribution is 7.89. The largest absolute Gasteiger partial charge is 0.459 e. The van der Waals surface area contributed by atoms with Crippen molar-refractivity contribution in [3.63, 3.8) is 0 Å². The Morgan fingerprint density at radius 1 is 1.07 bits per heavy atom. The molecule has 3 rings (SSSR count). The van der Waals surface area contributed by atoms with Gasteiger partial charge in [-0.05, 0) is 36.2 Å². The monoisotopic (exact) mass is 419 g/mol. The van der Waals surface area contributed by atoms with Gasteiger partial charge in [0.25, 0.3) is 5.91 Å². The molecule has 0 aliphatic carbocycles. The summed E-state index contributed by atoms with van der Waals surface area (Å²) in [4.78, 5) is 26.0. The Balaban J connectivity index is 1.52. The SMILES string of the molecule is CCCc1ccc(S(=O)(=O)N2CCN(C(=O)CNC(=O)c3ccco3)CC2)cc1. The molecular weight excluding hydrogens is 394 g/mol. The molecule has 156 valence electrons. The van der Waals surface area contributed by atoms with E-state index in [0.29, 0.717) is 0 Å². The summed E-state index contributed by atoms with van der Waals surface area (Å²) in [6.07, 6.45) is 3.30. The second kappa shape index (κ2) is 9.23. The lowest BCUT2D eigenvalue weighted by molar-refractivity contribution is -0.131. The van der Waals surface area contributed by atoms with Gasteiger partial charge in [0.1, 0.15) is 0 Å². The zero-order chi connectivity index (χ0) is 20.9. The van der Waals surface area contributed by atoms with Crippen molar-refractivity contribution < 1.29 is 22.4 Å². The topological polar surface area (TPSA) is 99.9 Å². The molecule has 29 heavy (non-hydrogen) atoms. The fraction of sp³-hybridized carbons (Fsp3) is 0.400. The maximum atomic E-state index is 12.8. The molecule has 2 aromatic rings. The third-order valence-electron chi connectivity index (χ3n) is 4.84. The van der Waals surface area contributed by atoms with E-state index < -0.39 is 15.9 Å². The molecule has 8 nitrogen and oxygen atoms in total. The van der Waals surface area contributed by atoms with E-state index in [1.165, 1.54) is 16.6 Å². The van der Waals surface area contributed by atoms with Crippen LogP contribution in [0.15, 0.2) is 52.0 Å². The number of sulfonamides is 1. The van der Waals surface area contributed by atoms with Gasteiger partial charge >= 0.3 is 0 Å². The number of benzene rings is 1. The van der Waals surface area contributed by atoms with E-state index in [4.69, 9.17) is 4.42 Å². The van der Waals surface area contributed by atoms with E-state index in [2.05, 4.69) is 12.2 Å². The molecule has 1 aromatic carbocycles. The number of aryl methyl sites for hydroxylation is 1. The van der Waals surface area contributed by atoms with Crippen LogP contribution >= 0.6 is 0 Å². The zero-order valence-corrected chi connectivity index (χ0v) is 17.2. The Kier molecular flexibility index (Phi) is 6.71. The summed E-state index contributed by atoms with van der Waals surface area (Å²) in [5, 5.41) is 2.51. The van der Waals surface area contributed by atoms with Gasteiger partial charge in [-0.2, -0.15) is 4.31 Å². The van der Waals surface area contributed by atoms with Crippen LogP contribution in [0, 0.1) is 0 Å². The molecule has 2 heterocycles. The Morgan fingerprint density at radius 2 is 1.76 bits per heavy atom. The van der Waals surface area contributed by atoms with Crippen LogP contribution in [0.4, 0.5) is 0 Å². The number of nitrogens with zero attached hydrogens (tertiary/aromatic N) is 2. The van der Waals surface area contributed by atoms with Gasteiger partial charge in [0.05, 0.1) is 17.7 Å². The summed E-state index contributed by atoms with van der Waals surface area (Å²) in [6.45, 7) is 2.91. The normalized spacial score (nSPS) is 15.3. The molecule has 1 N–H and O–H groups in total. The van der Waals surface area contributed by atoms with Crippen molar-refractivity contribution in [1.29, 1.82) is 0 Å². The summed E-state index contributed by atoms with van der Waals surface area (Å²) >= 11 is 0. The van der Waals surface area contributed by atoms with Crippen LogP contribution in [0.2, 0.25) is 0 Å². The van der Waals surface area contributed by atoms with Crippen LogP contribution in [-0.4, -0.2) is 62.2 Å². The van der Waals surface area contributed by atoms with Crippen molar-refractivity contribution in [3.8, 4) is 0 Å². The Hall–Kier alpha value is -2.65. The van der Waals surface area contributed by atoms with Crippen LogP contribution in [0.5, 0.6) is 0 Å². The minimum atomic E-state index is -3.58. The number of nitrogens with one attached hydrogen (secondary N) is 1. The highest BCUT2D eigenvalue weighted by Crippen LogP contribution is 2.19. The first-order chi connectivity index (χ1) is 13.9. The molecule has 0 bridgehead atoms. The molecule has 2 amide bonds. The van der Waals surface area contributed by atoms with Crippen LogP contribution in [-0.2, 0) is 21.2 Å². The van der Waals surface area contributed by atoms with Gasteiger partial charge in [0.2, 0.25) is 15.9 Å². The van der Waals surface area contributed by atoms with Crippen LogP contribution in [0.25, 0.3) is 0 Å². The van der Waals surface area contributed by atoms with Gasteiger partial charge in [-0.15, -0.1) is 0 Å². The second-order valence-corrected chi connectivity index (χ2v) is 8.78. The summed E-state index contributed by atoms with van der Waals surface area (Å²) in [5.41, 5.74) is 1.11. The van der Waals surface area contributed by atoms with Gasteiger partial charge in [-0.25, -0.2) is 8.42 Å². The van der Waals surface area contributed by atoms with Crippen molar-refractivity contribution >= 4 is 21.8 Å². The molecule has 1 aliphatic heterocycles. The van der Waals surface area contributed by atoms with E-state index in [1.54, 1.807) is 23.1 Å². The summed E-state index contributed by atoms with van der Waals surface area (Å²) in [5.74, 6) is -0.583. The molecule has 0 radical (unpaired) electrons. The first-order valence-electron chi connectivity index (χ1n) is 9.60. The second-order valence-electron chi connectivity index (χ2n) is 6.84. The summed E-state index contributed by atoms with van der Waals surface area (Å²) < 4.78 is 32.0. The Bertz CT molecular complexity index is 931. The lowest BCUT2D eigenvalue weighted by atomic mass is 10.1. The van der Waals surface area contributed by atoms with E-state index >= 15 is 0 Å². The lowest BCUT2D eigenvalue weighted by Gasteiger charge is -2.34. The van der Waals surface area contributed by atoms with Gasteiger partial charge in [0.15, 0.2) is 5.76 Å². The zero-order valence-electron chi connectivity index (χ0n) is 16.3. The Morgan fingerprint density at radius 3 is 2.34 bits per heavy atom. The molecule has 0 spiro atoms.